The van der Waals surface area contributed by atoms with Gasteiger partial charge >= 0.3 is 5.97 Å². The van der Waals surface area contributed by atoms with Crippen LogP contribution < -0.4 is 14.9 Å². The Labute approximate surface area is 197 Å². The van der Waals surface area contributed by atoms with Gasteiger partial charge in [-0.15, -0.1) is 11.3 Å². The maximum absolute atomic E-state index is 13.6. The summed E-state index contributed by atoms with van der Waals surface area (Å²) >= 11 is 2.85. The van der Waals surface area contributed by atoms with E-state index in [2.05, 4.69) is 0 Å². The van der Waals surface area contributed by atoms with Gasteiger partial charge in [0.15, 0.2) is 4.80 Å². The number of fused-ring (bicyclic) bond motifs is 1. The van der Waals surface area contributed by atoms with Crippen LogP contribution in [0.2, 0.25) is 0 Å². The molecule has 1 aliphatic rings. The third-order valence-corrected chi connectivity index (χ3v) is 7.02. The Morgan fingerprint density at radius 2 is 2.00 bits per heavy atom. The fourth-order valence-electron chi connectivity index (χ4n) is 3.81. The molecule has 0 spiro atoms. The molecule has 4 heterocycles. The molecule has 1 unspecified atom stereocenters. The van der Waals surface area contributed by atoms with Crippen LogP contribution in [0, 0.1) is 6.92 Å². The molecule has 166 valence electrons. The summed E-state index contributed by atoms with van der Waals surface area (Å²) in [6, 6.07) is 16.2. The number of thiophene rings is 1. The summed E-state index contributed by atoms with van der Waals surface area (Å²) in [5.74, 6) is 0.654. The first-order chi connectivity index (χ1) is 16.1. The Bertz CT molecular complexity index is 1520. The summed E-state index contributed by atoms with van der Waals surface area (Å²) in [4.78, 5) is 33.1. The number of hydrogen-bond acceptors (Lipinski definition) is 7. The van der Waals surface area contributed by atoms with Gasteiger partial charge in [-0.05, 0) is 43.5 Å². The average Bonchev–Trinajstić information content (AvgIpc) is 3.55. The molecule has 8 heteroatoms. The van der Waals surface area contributed by atoms with Gasteiger partial charge in [-0.2, -0.15) is 0 Å². The molecule has 0 saturated heterocycles. The van der Waals surface area contributed by atoms with E-state index in [0.717, 1.165) is 10.4 Å². The minimum Gasteiger partial charge on any atom is -0.464 e. The number of esters is 1. The van der Waals surface area contributed by atoms with Gasteiger partial charge in [-0.25, -0.2) is 9.79 Å². The first-order valence-corrected chi connectivity index (χ1v) is 12.1. The summed E-state index contributed by atoms with van der Waals surface area (Å²) in [6.07, 6.45) is 1.86. The van der Waals surface area contributed by atoms with Gasteiger partial charge in [-0.1, -0.05) is 47.7 Å². The van der Waals surface area contributed by atoms with E-state index in [9.17, 15) is 9.59 Å². The maximum Gasteiger partial charge on any atom is 0.338 e. The zero-order valence-corrected chi connectivity index (χ0v) is 19.6. The molecule has 6 nitrogen and oxygen atoms in total. The second kappa shape index (κ2) is 8.80. The lowest BCUT2D eigenvalue weighted by molar-refractivity contribution is -0.139. The average molecular weight is 477 g/mol. The number of aromatic nitrogens is 1. The minimum absolute atomic E-state index is 0.205. The highest BCUT2D eigenvalue weighted by Crippen LogP contribution is 2.35. The first-order valence-electron chi connectivity index (χ1n) is 10.4. The molecular formula is C25H20N2O4S2. The van der Waals surface area contributed by atoms with Crippen LogP contribution in [-0.2, 0) is 9.53 Å². The maximum atomic E-state index is 13.6. The highest BCUT2D eigenvalue weighted by molar-refractivity contribution is 7.11. The highest BCUT2D eigenvalue weighted by atomic mass is 32.1. The quantitative estimate of drug-likeness (QED) is 0.410. The molecule has 0 amide bonds. The summed E-state index contributed by atoms with van der Waals surface area (Å²) in [6.45, 7) is 3.79. The largest absolute Gasteiger partial charge is 0.464 e. The van der Waals surface area contributed by atoms with Gasteiger partial charge < -0.3 is 9.15 Å². The number of carbonyl (C=O) groups excluding carboxylic acids is 1. The van der Waals surface area contributed by atoms with E-state index >= 15 is 0 Å². The summed E-state index contributed by atoms with van der Waals surface area (Å²) in [7, 11) is 0. The van der Waals surface area contributed by atoms with Gasteiger partial charge in [0.2, 0.25) is 0 Å². The lowest BCUT2D eigenvalue weighted by atomic mass is 9.97. The van der Waals surface area contributed by atoms with Crippen LogP contribution in [-0.4, -0.2) is 17.1 Å². The molecule has 0 saturated carbocycles. The summed E-state index contributed by atoms with van der Waals surface area (Å²) in [5.41, 5.74) is 1.31. The van der Waals surface area contributed by atoms with E-state index in [4.69, 9.17) is 14.1 Å². The lowest BCUT2D eigenvalue weighted by Crippen LogP contribution is -2.39. The minimum atomic E-state index is -0.783. The van der Waals surface area contributed by atoms with Gasteiger partial charge in [0, 0.05) is 10.4 Å². The van der Waals surface area contributed by atoms with Gasteiger partial charge in [-0.3, -0.25) is 9.36 Å². The smallest absolute Gasteiger partial charge is 0.338 e. The van der Waals surface area contributed by atoms with Crippen LogP contribution in [0.25, 0.3) is 11.8 Å². The van der Waals surface area contributed by atoms with Crippen molar-refractivity contribution < 1.29 is 13.9 Å². The fourth-order valence-corrected chi connectivity index (χ4v) is 5.54. The van der Waals surface area contributed by atoms with Crippen LogP contribution in [0.1, 0.15) is 34.9 Å². The summed E-state index contributed by atoms with van der Waals surface area (Å²) < 4.78 is 13.5. The molecule has 0 bridgehead atoms. The van der Waals surface area contributed by atoms with Crippen molar-refractivity contribution in [3.63, 3.8) is 0 Å². The van der Waals surface area contributed by atoms with Crippen LogP contribution in [0.3, 0.4) is 0 Å². The first kappa shape index (κ1) is 21.4. The standard InChI is InChI=1S/C25H20N2O4S2/c1-3-30-24(29)20-21(16-8-5-4-6-9-16)26-25-27(22(20)18-12-11-15(2)31-18)23(28)19(33-25)14-17-10-7-13-32-17/h4-14,22H,3H2,1-2H3. The number of nitrogens with zero attached hydrogens (tertiary/aromatic N) is 2. The summed E-state index contributed by atoms with van der Waals surface area (Å²) in [5, 5.41) is 1.96. The number of ether oxygens (including phenoxy) is 1. The highest BCUT2D eigenvalue weighted by Gasteiger charge is 2.36. The molecule has 0 fully saturated rings. The van der Waals surface area contributed by atoms with Crippen molar-refractivity contribution in [2.24, 2.45) is 4.99 Å². The Morgan fingerprint density at radius 3 is 2.67 bits per heavy atom. The molecule has 33 heavy (non-hydrogen) atoms. The van der Waals surface area contributed by atoms with E-state index in [1.165, 1.54) is 11.3 Å². The second-order valence-electron chi connectivity index (χ2n) is 7.40. The Kier molecular flexibility index (Phi) is 5.70. The number of benzene rings is 1. The molecule has 0 N–H and O–H groups in total. The Balaban J connectivity index is 1.84. The lowest BCUT2D eigenvalue weighted by Gasteiger charge is -2.24. The molecular weight excluding hydrogens is 456 g/mol. The van der Waals surface area contributed by atoms with Crippen molar-refractivity contribution in [3.8, 4) is 0 Å². The zero-order chi connectivity index (χ0) is 22.9. The molecule has 4 aromatic rings. The number of aryl methyl sites for hydroxylation is 1. The monoisotopic (exact) mass is 476 g/mol. The molecule has 0 radical (unpaired) electrons. The number of rotatable bonds is 5. The van der Waals surface area contributed by atoms with Crippen LogP contribution in [0.15, 0.2) is 79.8 Å². The van der Waals surface area contributed by atoms with Crippen LogP contribution >= 0.6 is 22.7 Å². The molecule has 1 aliphatic heterocycles. The van der Waals surface area contributed by atoms with Gasteiger partial charge in [0.1, 0.15) is 17.6 Å². The van der Waals surface area contributed by atoms with E-state index in [1.807, 2.05) is 66.9 Å². The molecule has 1 atom stereocenters. The van der Waals surface area contributed by atoms with Crippen molar-refractivity contribution >= 4 is 40.4 Å². The topological polar surface area (TPSA) is 73.8 Å². The van der Waals surface area contributed by atoms with Crippen molar-refractivity contribution in [3.05, 3.63) is 107 Å². The normalized spacial score (nSPS) is 15.9. The number of carbonyl (C=O) groups is 1. The fraction of sp³-hybridized carbons (Fsp3) is 0.160. The van der Waals surface area contributed by atoms with E-state index < -0.39 is 12.0 Å². The third-order valence-electron chi connectivity index (χ3n) is 5.22. The van der Waals surface area contributed by atoms with Crippen molar-refractivity contribution in [1.29, 1.82) is 0 Å². The van der Waals surface area contributed by atoms with E-state index in [1.54, 1.807) is 28.9 Å². The zero-order valence-electron chi connectivity index (χ0n) is 18.0. The number of furan rings is 1. The van der Waals surface area contributed by atoms with Crippen LogP contribution in [0.4, 0.5) is 0 Å². The number of thiazole rings is 1. The molecule has 0 aliphatic carbocycles. The number of hydrogen-bond donors (Lipinski definition) is 0. The molecule has 3 aromatic heterocycles. The SMILES string of the molecule is CCOC(=O)C1=C(c2ccccc2)N=c2sc(=Cc3cccs3)c(=O)n2C1c1ccc(C)o1. The van der Waals surface area contributed by atoms with Crippen molar-refractivity contribution in [1.82, 2.24) is 4.57 Å². The Morgan fingerprint density at radius 1 is 1.18 bits per heavy atom. The third kappa shape index (κ3) is 3.92. The van der Waals surface area contributed by atoms with Gasteiger partial charge in [0.05, 0.1) is 22.4 Å². The Hall–Kier alpha value is -3.49. The molecule has 1 aromatic carbocycles. The predicted octanol–water partition coefficient (Wildman–Crippen LogP) is 3.90. The second-order valence-corrected chi connectivity index (χ2v) is 9.38. The van der Waals surface area contributed by atoms with Crippen LogP contribution in [0.5, 0.6) is 0 Å². The molecule has 5 rings (SSSR count). The van der Waals surface area contributed by atoms with Crippen molar-refractivity contribution in [2.75, 3.05) is 6.61 Å². The van der Waals surface area contributed by atoms with Gasteiger partial charge in [0.25, 0.3) is 5.56 Å². The predicted molar refractivity (Wildman–Crippen MR) is 129 cm³/mol. The van der Waals surface area contributed by atoms with E-state index in [0.29, 0.717) is 26.6 Å². The van der Waals surface area contributed by atoms with E-state index in [-0.39, 0.29) is 17.7 Å². The van der Waals surface area contributed by atoms with Crippen molar-refractivity contribution in [2.45, 2.75) is 19.9 Å².